The van der Waals surface area contributed by atoms with Crippen molar-refractivity contribution in [1.29, 1.82) is 0 Å². The standard InChI is InChI=1S/C31H28N4OS/c1-21(2)36-26-16-14-24(15-17-26)35-30(29(33-31(35)37)27-10-5-6-18-32-27)28-11-7-19-34(28)25-13-12-22-8-3-4-9-23(22)20-25/h3-21,29-30H,1-2H3,(H,33,37)/t29-,30-/m1/s1. The topological polar surface area (TPSA) is 42.3 Å². The van der Waals surface area contributed by atoms with Crippen LogP contribution in [0.25, 0.3) is 16.5 Å². The molecule has 0 bridgehead atoms. The molecule has 184 valence electrons. The molecule has 1 saturated heterocycles. The zero-order chi connectivity index (χ0) is 25.4. The molecule has 2 aromatic heterocycles. The number of thiocarbonyl (C=S) groups is 1. The summed E-state index contributed by atoms with van der Waals surface area (Å²) in [6.45, 7) is 4.06. The quantitative estimate of drug-likeness (QED) is 0.253. The van der Waals surface area contributed by atoms with Crippen LogP contribution in [0.2, 0.25) is 0 Å². The molecule has 0 aliphatic carbocycles. The predicted octanol–water partition coefficient (Wildman–Crippen LogP) is 6.99. The van der Waals surface area contributed by atoms with Crippen molar-refractivity contribution in [3.8, 4) is 11.4 Å². The molecule has 0 amide bonds. The van der Waals surface area contributed by atoms with Crippen molar-refractivity contribution in [2.75, 3.05) is 4.90 Å². The first-order valence-electron chi connectivity index (χ1n) is 12.5. The Balaban J connectivity index is 1.46. The average Bonchev–Trinajstić information content (AvgIpc) is 3.53. The van der Waals surface area contributed by atoms with E-state index in [1.165, 1.54) is 10.8 Å². The summed E-state index contributed by atoms with van der Waals surface area (Å²) < 4.78 is 8.14. The van der Waals surface area contributed by atoms with Gasteiger partial charge in [-0.1, -0.05) is 36.4 Å². The van der Waals surface area contributed by atoms with Gasteiger partial charge in [0.05, 0.1) is 17.8 Å². The van der Waals surface area contributed by atoms with Gasteiger partial charge in [0.25, 0.3) is 0 Å². The van der Waals surface area contributed by atoms with Crippen LogP contribution < -0.4 is 15.0 Å². The van der Waals surface area contributed by atoms with Crippen LogP contribution in [0.5, 0.6) is 5.75 Å². The van der Waals surface area contributed by atoms with Crippen LogP contribution in [0, 0.1) is 0 Å². The van der Waals surface area contributed by atoms with Crippen LogP contribution in [0.3, 0.4) is 0 Å². The molecule has 1 N–H and O–H groups in total. The van der Waals surface area contributed by atoms with Gasteiger partial charge in [0.2, 0.25) is 0 Å². The number of hydrogen-bond donors (Lipinski definition) is 1. The van der Waals surface area contributed by atoms with Gasteiger partial charge in [-0.3, -0.25) is 4.98 Å². The van der Waals surface area contributed by atoms with Crippen molar-refractivity contribution in [3.05, 3.63) is 121 Å². The number of hydrogen-bond acceptors (Lipinski definition) is 3. The number of nitrogens with one attached hydrogen (secondary N) is 1. The highest BCUT2D eigenvalue weighted by Gasteiger charge is 2.42. The van der Waals surface area contributed by atoms with Crippen LogP contribution in [0.4, 0.5) is 5.69 Å². The van der Waals surface area contributed by atoms with Gasteiger partial charge in [0.15, 0.2) is 5.11 Å². The maximum atomic E-state index is 5.92. The van der Waals surface area contributed by atoms with Crippen LogP contribution in [-0.2, 0) is 0 Å². The number of aromatic nitrogens is 2. The molecule has 3 aromatic carbocycles. The molecule has 1 aliphatic rings. The Hall–Kier alpha value is -4.16. The smallest absolute Gasteiger partial charge is 0.174 e. The molecule has 2 atom stereocenters. The summed E-state index contributed by atoms with van der Waals surface area (Å²) >= 11 is 5.92. The summed E-state index contributed by atoms with van der Waals surface area (Å²) in [5.41, 5.74) is 4.18. The van der Waals surface area contributed by atoms with E-state index in [0.717, 1.165) is 28.5 Å². The number of pyridine rings is 1. The summed E-state index contributed by atoms with van der Waals surface area (Å²) in [6.07, 6.45) is 4.07. The van der Waals surface area contributed by atoms with Gasteiger partial charge in [0, 0.05) is 29.5 Å². The van der Waals surface area contributed by atoms with Crippen LogP contribution in [0.1, 0.15) is 37.3 Å². The summed E-state index contributed by atoms with van der Waals surface area (Å²) in [6, 6.07) is 33.2. The Labute approximate surface area is 222 Å². The van der Waals surface area contributed by atoms with Crippen LogP contribution in [-0.4, -0.2) is 20.8 Å². The lowest BCUT2D eigenvalue weighted by atomic mass is 10.0. The Morgan fingerprint density at radius 1 is 0.838 bits per heavy atom. The third kappa shape index (κ3) is 4.45. The number of anilines is 1. The zero-order valence-electron chi connectivity index (χ0n) is 20.8. The van der Waals surface area contributed by atoms with Gasteiger partial charge < -0.3 is 19.5 Å². The number of benzene rings is 3. The van der Waals surface area contributed by atoms with Crippen molar-refractivity contribution >= 4 is 33.8 Å². The molecule has 6 heteroatoms. The van der Waals surface area contributed by atoms with Crippen molar-refractivity contribution in [2.24, 2.45) is 0 Å². The lowest BCUT2D eigenvalue weighted by Gasteiger charge is -2.29. The summed E-state index contributed by atoms with van der Waals surface area (Å²) in [5, 5.41) is 6.66. The predicted molar refractivity (Wildman–Crippen MR) is 153 cm³/mol. The lowest BCUT2D eigenvalue weighted by Crippen LogP contribution is -2.30. The number of ether oxygens (including phenoxy) is 1. The molecular formula is C31H28N4OS. The fourth-order valence-corrected chi connectivity index (χ4v) is 5.43. The Kier molecular flexibility index (Phi) is 6.10. The van der Waals surface area contributed by atoms with Gasteiger partial charge in [-0.2, -0.15) is 0 Å². The second-order valence-electron chi connectivity index (χ2n) is 9.49. The normalized spacial score (nSPS) is 17.4. The maximum Gasteiger partial charge on any atom is 0.174 e. The summed E-state index contributed by atoms with van der Waals surface area (Å²) in [4.78, 5) is 6.89. The molecule has 0 radical (unpaired) electrons. The number of nitrogens with zero attached hydrogens (tertiary/aromatic N) is 3. The molecule has 6 rings (SSSR count). The molecule has 1 fully saturated rings. The van der Waals surface area contributed by atoms with Crippen molar-refractivity contribution < 1.29 is 4.74 Å². The molecule has 0 saturated carbocycles. The Bertz CT molecular complexity index is 1540. The van der Waals surface area contributed by atoms with Crippen molar-refractivity contribution in [1.82, 2.24) is 14.9 Å². The van der Waals surface area contributed by atoms with E-state index in [2.05, 4.69) is 93.8 Å². The van der Waals surface area contributed by atoms with E-state index in [0.29, 0.717) is 5.11 Å². The fraction of sp³-hybridized carbons (Fsp3) is 0.161. The average molecular weight is 505 g/mol. The third-order valence-corrected chi connectivity index (χ3v) is 6.99. The largest absolute Gasteiger partial charge is 0.491 e. The minimum absolute atomic E-state index is 0.110. The number of rotatable bonds is 6. The Morgan fingerprint density at radius 2 is 1.59 bits per heavy atom. The molecule has 0 unspecified atom stereocenters. The molecule has 5 aromatic rings. The highest BCUT2D eigenvalue weighted by Crippen LogP contribution is 2.42. The van der Waals surface area contributed by atoms with Crippen LogP contribution in [0.15, 0.2) is 109 Å². The van der Waals surface area contributed by atoms with E-state index in [4.69, 9.17) is 21.9 Å². The molecule has 0 spiro atoms. The monoisotopic (exact) mass is 504 g/mol. The van der Waals surface area contributed by atoms with Gasteiger partial charge in [-0.25, -0.2) is 0 Å². The molecule has 5 nitrogen and oxygen atoms in total. The first-order valence-corrected chi connectivity index (χ1v) is 12.9. The SMILES string of the molecule is CC(C)Oc1ccc(N2C(=S)N[C@H](c3ccccn3)[C@H]2c2cccn2-c2ccc3ccccc3c2)cc1. The molecular weight excluding hydrogens is 476 g/mol. The van der Waals surface area contributed by atoms with E-state index in [9.17, 15) is 0 Å². The second kappa shape index (κ2) is 9.71. The van der Waals surface area contributed by atoms with Crippen molar-refractivity contribution in [2.45, 2.75) is 32.0 Å². The van der Waals surface area contributed by atoms with E-state index in [1.807, 2.05) is 44.3 Å². The van der Waals surface area contributed by atoms with Gasteiger partial charge in [-0.15, -0.1) is 0 Å². The fourth-order valence-electron chi connectivity index (χ4n) is 5.09. The molecule has 37 heavy (non-hydrogen) atoms. The first-order chi connectivity index (χ1) is 18.1. The Morgan fingerprint density at radius 3 is 2.35 bits per heavy atom. The second-order valence-corrected chi connectivity index (χ2v) is 9.88. The maximum absolute atomic E-state index is 5.92. The lowest BCUT2D eigenvalue weighted by molar-refractivity contribution is 0.242. The van der Waals surface area contributed by atoms with E-state index in [1.54, 1.807) is 0 Å². The van der Waals surface area contributed by atoms with E-state index >= 15 is 0 Å². The minimum atomic E-state index is -0.116. The molecule has 3 heterocycles. The minimum Gasteiger partial charge on any atom is -0.491 e. The van der Waals surface area contributed by atoms with E-state index < -0.39 is 0 Å². The number of fused-ring (bicyclic) bond motifs is 1. The molecule has 1 aliphatic heterocycles. The van der Waals surface area contributed by atoms with Crippen molar-refractivity contribution in [3.63, 3.8) is 0 Å². The summed E-state index contributed by atoms with van der Waals surface area (Å²) in [7, 11) is 0. The summed E-state index contributed by atoms with van der Waals surface area (Å²) in [5.74, 6) is 0.842. The third-order valence-electron chi connectivity index (χ3n) is 6.68. The highest BCUT2D eigenvalue weighted by atomic mass is 32.1. The van der Waals surface area contributed by atoms with E-state index in [-0.39, 0.29) is 18.2 Å². The van der Waals surface area contributed by atoms with Gasteiger partial charge >= 0.3 is 0 Å². The zero-order valence-corrected chi connectivity index (χ0v) is 21.6. The first kappa shape index (κ1) is 23.3. The highest BCUT2D eigenvalue weighted by molar-refractivity contribution is 7.80. The van der Waals surface area contributed by atoms with Gasteiger partial charge in [0.1, 0.15) is 11.8 Å². The van der Waals surface area contributed by atoms with Gasteiger partial charge in [-0.05, 0) is 97.5 Å². The van der Waals surface area contributed by atoms with Crippen LogP contribution >= 0.6 is 12.2 Å².